The lowest BCUT2D eigenvalue weighted by Crippen LogP contribution is -1.99. The number of halogens is 2. The molecule has 148 valence electrons. The van der Waals surface area contributed by atoms with E-state index in [-0.39, 0.29) is 12.4 Å². The topological polar surface area (TPSA) is 59.5 Å². The van der Waals surface area contributed by atoms with Gasteiger partial charge in [0.05, 0.1) is 19.0 Å². The summed E-state index contributed by atoms with van der Waals surface area (Å²) in [5, 5.41) is 0. The van der Waals surface area contributed by atoms with Gasteiger partial charge in [-0.05, 0) is 30.3 Å². The Morgan fingerprint density at radius 2 is 2.10 bits per heavy atom. The third-order valence-corrected chi connectivity index (χ3v) is 4.61. The number of methoxy groups -OCH3 is 1. The average Bonchev–Trinajstić information content (AvgIpc) is 3.20. The van der Waals surface area contributed by atoms with E-state index in [4.69, 9.17) is 9.47 Å². The molecule has 0 bridgehead atoms. The number of H-pyrrole nitrogens is 1. The largest absolute Gasteiger partial charge is 0.496 e. The van der Waals surface area contributed by atoms with Crippen LogP contribution in [-0.2, 0) is 6.61 Å². The second-order valence-corrected chi connectivity index (χ2v) is 6.85. The Hall–Kier alpha value is -3.19. The van der Waals surface area contributed by atoms with E-state index < -0.39 is 0 Å². The highest BCUT2D eigenvalue weighted by atomic mass is 79.9. The first-order valence-corrected chi connectivity index (χ1v) is 9.46. The van der Waals surface area contributed by atoms with Crippen molar-refractivity contribution in [2.75, 3.05) is 7.11 Å². The highest BCUT2D eigenvalue weighted by molar-refractivity contribution is 9.10. The number of aliphatic imine (C=N–C) groups is 1. The second-order valence-electron chi connectivity index (χ2n) is 5.93. The minimum Gasteiger partial charge on any atom is -0.496 e. The summed E-state index contributed by atoms with van der Waals surface area (Å²) in [5.41, 5.74) is 2.60. The van der Waals surface area contributed by atoms with Gasteiger partial charge < -0.3 is 14.5 Å². The van der Waals surface area contributed by atoms with Gasteiger partial charge in [-0.25, -0.2) is 9.37 Å². The molecule has 0 radical (unpaired) electrons. The maximum absolute atomic E-state index is 14.0. The molecule has 5 nitrogen and oxygen atoms in total. The molecule has 1 aromatic heterocycles. The molecule has 0 fully saturated rings. The van der Waals surface area contributed by atoms with Gasteiger partial charge in [-0.1, -0.05) is 35.2 Å². The number of imidazole rings is 1. The summed E-state index contributed by atoms with van der Waals surface area (Å²) in [6, 6.07) is 10.3. The molecule has 0 aliphatic carbocycles. The average molecular weight is 456 g/mol. The van der Waals surface area contributed by atoms with Gasteiger partial charge in [-0.2, -0.15) is 0 Å². The summed E-state index contributed by atoms with van der Waals surface area (Å²) < 4.78 is 25.9. The minimum atomic E-state index is -0.327. The number of allylic oxidation sites excluding steroid dienone is 1. The van der Waals surface area contributed by atoms with Gasteiger partial charge in [0, 0.05) is 27.9 Å². The van der Waals surface area contributed by atoms with Gasteiger partial charge in [-0.15, -0.1) is 0 Å². The van der Waals surface area contributed by atoms with Crippen molar-refractivity contribution in [1.82, 2.24) is 9.97 Å². The number of hydrogen-bond acceptors (Lipinski definition) is 4. The van der Waals surface area contributed by atoms with Crippen molar-refractivity contribution in [3.63, 3.8) is 0 Å². The first-order chi connectivity index (χ1) is 14.0. The van der Waals surface area contributed by atoms with E-state index in [9.17, 15) is 4.39 Å². The SMILES string of the molecule is C=CN=C(C=C)c1ncc(-c2ccc(OCc3ccc(Br)cc3F)cc2OC)[nH]1. The Kier molecular flexibility index (Phi) is 6.61. The Balaban J connectivity index is 1.82. The van der Waals surface area contributed by atoms with E-state index in [2.05, 4.69) is 44.0 Å². The molecule has 0 amide bonds. The number of aromatic amines is 1. The molecule has 0 saturated carbocycles. The van der Waals surface area contributed by atoms with Crippen LogP contribution in [0.2, 0.25) is 0 Å². The number of nitrogens with zero attached hydrogens (tertiary/aromatic N) is 2. The minimum absolute atomic E-state index is 0.108. The second kappa shape index (κ2) is 9.34. The van der Waals surface area contributed by atoms with E-state index in [1.807, 2.05) is 6.07 Å². The maximum atomic E-state index is 14.0. The van der Waals surface area contributed by atoms with Crippen LogP contribution in [0.1, 0.15) is 11.4 Å². The third kappa shape index (κ3) is 4.81. The summed E-state index contributed by atoms with van der Waals surface area (Å²) in [4.78, 5) is 11.7. The summed E-state index contributed by atoms with van der Waals surface area (Å²) in [6.45, 7) is 7.43. The van der Waals surface area contributed by atoms with Gasteiger partial charge in [0.25, 0.3) is 0 Å². The normalized spacial score (nSPS) is 11.2. The van der Waals surface area contributed by atoms with Crippen molar-refractivity contribution in [1.29, 1.82) is 0 Å². The van der Waals surface area contributed by atoms with E-state index in [0.717, 1.165) is 11.3 Å². The quantitative estimate of drug-likeness (QED) is 0.444. The fourth-order valence-electron chi connectivity index (χ4n) is 2.68. The van der Waals surface area contributed by atoms with Crippen LogP contribution in [0.25, 0.3) is 11.3 Å². The predicted octanol–water partition coefficient (Wildman–Crippen LogP) is 5.68. The Labute approximate surface area is 176 Å². The van der Waals surface area contributed by atoms with Gasteiger partial charge in [-0.3, -0.25) is 4.99 Å². The predicted molar refractivity (Wildman–Crippen MR) is 116 cm³/mol. The highest BCUT2D eigenvalue weighted by Gasteiger charge is 2.13. The monoisotopic (exact) mass is 455 g/mol. The Bertz CT molecular complexity index is 1080. The molecule has 1 N–H and O–H groups in total. The number of hydrogen-bond donors (Lipinski definition) is 1. The summed E-state index contributed by atoms with van der Waals surface area (Å²) in [5.74, 6) is 1.40. The lowest BCUT2D eigenvalue weighted by atomic mass is 10.1. The number of nitrogens with one attached hydrogen (secondary N) is 1. The van der Waals surface area contributed by atoms with Gasteiger partial charge >= 0.3 is 0 Å². The Morgan fingerprint density at radius 1 is 1.28 bits per heavy atom. The number of benzene rings is 2. The van der Waals surface area contributed by atoms with Crippen LogP contribution in [0.15, 0.2) is 77.5 Å². The summed E-state index contributed by atoms with van der Waals surface area (Å²) in [6.07, 6.45) is 4.72. The fraction of sp³-hybridized carbons (Fsp3) is 0.0909. The van der Waals surface area contributed by atoms with Crippen LogP contribution in [0.3, 0.4) is 0 Å². The van der Waals surface area contributed by atoms with Crippen molar-refractivity contribution in [3.05, 3.63) is 89.7 Å². The number of ether oxygens (including phenoxy) is 2. The first-order valence-electron chi connectivity index (χ1n) is 8.67. The molecule has 0 saturated heterocycles. The maximum Gasteiger partial charge on any atom is 0.156 e. The number of rotatable bonds is 8. The zero-order chi connectivity index (χ0) is 20.8. The molecule has 2 aromatic carbocycles. The van der Waals surface area contributed by atoms with E-state index in [1.165, 1.54) is 12.3 Å². The molecule has 0 spiro atoms. The molecular formula is C22H19BrFN3O2. The molecule has 0 aliphatic rings. The molecule has 1 heterocycles. The van der Waals surface area contributed by atoms with Crippen molar-refractivity contribution in [3.8, 4) is 22.8 Å². The van der Waals surface area contributed by atoms with E-state index in [0.29, 0.717) is 33.1 Å². The standard InChI is InChI=1S/C22H19BrFN3O2/c1-4-19(25-5-2)22-26-12-20(27-22)17-9-8-16(11-21(17)28-3)29-13-14-6-7-15(23)10-18(14)24/h4-12H,1-2,13H2,3H3,(H,26,27). The van der Waals surface area contributed by atoms with Crippen LogP contribution < -0.4 is 9.47 Å². The summed E-state index contributed by atoms with van der Waals surface area (Å²) in [7, 11) is 1.57. The van der Waals surface area contributed by atoms with Crippen molar-refractivity contribution in [2.45, 2.75) is 6.61 Å². The molecular weight excluding hydrogens is 437 g/mol. The first kappa shape index (κ1) is 20.5. The highest BCUT2D eigenvalue weighted by Crippen LogP contribution is 2.33. The smallest absolute Gasteiger partial charge is 0.156 e. The lowest BCUT2D eigenvalue weighted by molar-refractivity contribution is 0.297. The molecule has 0 atom stereocenters. The van der Waals surface area contributed by atoms with Crippen LogP contribution >= 0.6 is 15.9 Å². The fourth-order valence-corrected chi connectivity index (χ4v) is 3.01. The van der Waals surface area contributed by atoms with Crippen molar-refractivity contribution >= 4 is 21.6 Å². The molecule has 29 heavy (non-hydrogen) atoms. The lowest BCUT2D eigenvalue weighted by Gasteiger charge is -2.11. The third-order valence-electron chi connectivity index (χ3n) is 4.11. The van der Waals surface area contributed by atoms with E-state index >= 15 is 0 Å². The molecule has 7 heteroatoms. The Morgan fingerprint density at radius 3 is 2.79 bits per heavy atom. The van der Waals surface area contributed by atoms with Gasteiger partial charge in [0.2, 0.25) is 0 Å². The van der Waals surface area contributed by atoms with Gasteiger partial charge in [0.1, 0.15) is 29.6 Å². The zero-order valence-corrected chi connectivity index (χ0v) is 17.4. The molecule has 0 unspecified atom stereocenters. The number of aromatic nitrogens is 2. The van der Waals surface area contributed by atoms with Crippen LogP contribution in [0.5, 0.6) is 11.5 Å². The zero-order valence-electron chi connectivity index (χ0n) is 15.8. The molecule has 3 aromatic rings. The van der Waals surface area contributed by atoms with Crippen LogP contribution in [0.4, 0.5) is 4.39 Å². The van der Waals surface area contributed by atoms with Crippen LogP contribution in [0, 0.1) is 5.82 Å². The van der Waals surface area contributed by atoms with Crippen molar-refractivity contribution in [2.24, 2.45) is 4.99 Å². The summed E-state index contributed by atoms with van der Waals surface area (Å²) >= 11 is 3.24. The van der Waals surface area contributed by atoms with Gasteiger partial charge in [0.15, 0.2) is 5.82 Å². The molecule has 3 rings (SSSR count). The van der Waals surface area contributed by atoms with E-state index in [1.54, 1.807) is 43.6 Å². The van der Waals surface area contributed by atoms with Crippen molar-refractivity contribution < 1.29 is 13.9 Å². The molecule has 0 aliphatic heterocycles. The van der Waals surface area contributed by atoms with Crippen LogP contribution in [-0.4, -0.2) is 22.8 Å².